The molecule has 3 rings (SSSR count). The van der Waals surface area contributed by atoms with Crippen molar-refractivity contribution in [3.8, 4) is 5.75 Å². The van der Waals surface area contributed by atoms with Gasteiger partial charge in [0.1, 0.15) is 5.75 Å². The van der Waals surface area contributed by atoms with E-state index in [0.717, 1.165) is 16.7 Å². The van der Waals surface area contributed by atoms with Crippen LogP contribution in [0.5, 0.6) is 5.75 Å². The Hall–Kier alpha value is -2.08. The van der Waals surface area contributed by atoms with Crippen molar-refractivity contribution < 1.29 is 22.3 Å². The monoisotopic (exact) mass is 430 g/mol. The van der Waals surface area contributed by atoms with Crippen LogP contribution in [0.15, 0.2) is 84.9 Å². The van der Waals surface area contributed by atoms with Gasteiger partial charge in [-0.15, -0.1) is 0 Å². The molecule has 0 aromatic heterocycles. The standard InChI is InChI=1S/C22H23O5PS/c1-24-29-18-21-13-8-14-22(15-21)27-28(23,25-16-19-9-4-2-5-10-19)26-17-20-11-6-3-7-12-20/h2-15H,16-18H2,1H3. The molecular formula is C22H23O5PS. The van der Waals surface area contributed by atoms with Crippen LogP contribution in [-0.4, -0.2) is 7.11 Å². The van der Waals surface area contributed by atoms with Crippen LogP contribution in [0.1, 0.15) is 16.7 Å². The lowest BCUT2D eigenvalue weighted by atomic mass is 10.2. The molecule has 152 valence electrons. The highest BCUT2D eigenvalue weighted by molar-refractivity contribution is 7.93. The Bertz CT molecular complexity index is 873. The van der Waals surface area contributed by atoms with E-state index < -0.39 is 7.82 Å². The second-order valence-corrected chi connectivity index (χ2v) is 8.58. The number of benzene rings is 3. The molecule has 0 spiro atoms. The highest BCUT2D eigenvalue weighted by Crippen LogP contribution is 2.51. The predicted molar refractivity (Wildman–Crippen MR) is 115 cm³/mol. The third-order valence-corrected chi connectivity index (χ3v) is 5.94. The second kappa shape index (κ2) is 11.2. The van der Waals surface area contributed by atoms with Gasteiger partial charge in [0, 0.05) is 5.75 Å². The number of rotatable bonds is 11. The molecule has 7 heteroatoms. The molecule has 0 aliphatic carbocycles. The lowest BCUT2D eigenvalue weighted by molar-refractivity contribution is 0.143. The van der Waals surface area contributed by atoms with Crippen molar-refractivity contribution in [1.82, 2.24) is 0 Å². The molecule has 3 aromatic rings. The average molecular weight is 430 g/mol. The van der Waals surface area contributed by atoms with Gasteiger partial charge in [-0.05, 0) is 40.9 Å². The summed E-state index contributed by atoms with van der Waals surface area (Å²) in [6.07, 6.45) is 0. The zero-order valence-corrected chi connectivity index (χ0v) is 17.8. The molecule has 0 aliphatic rings. The van der Waals surface area contributed by atoms with Crippen LogP contribution in [0.25, 0.3) is 0 Å². The van der Waals surface area contributed by atoms with E-state index in [2.05, 4.69) is 0 Å². The van der Waals surface area contributed by atoms with Gasteiger partial charge in [0.25, 0.3) is 0 Å². The first-order valence-electron chi connectivity index (χ1n) is 9.08. The quantitative estimate of drug-likeness (QED) is 0.259. The Morgan fingerprint density at radius 2 is 1.31 bits per heavy atom. The van der Waals surface area contributed by atoms with Gasteiger partial charge < -0.3 is 8.71 Å². The van der Waals surface area contributed by atoms with Crippen LogP contribution in [-0.2, 0) is 36.8 Å². The lowest BCUT2D eigenvalue weighted by Crippen LogP contribution is -2.04. The molecule has 0 heterocycles. The first-order chi connectivity index (χ1) is 14.2. The van der Waals surface area contributed by atoms with E-state index in [1.807, 2.05) is 72.8 Å². The molecule has 0 bridgehead atoms. The molecule has 0 radical (unpaired) electrons. The van der Waals surface area contributed by atoms with Crippen molar-refractivity contribution in [2.45, 2.75) is 19.0 Å². The fourth-order valence-corrected chi connectivity index (χ4v) is 4.09. The molecule has 0 unspecified atom stereocenters. The van der Waals surface area contributed by atoms with Crippen molar-refractivity contribution in [1.29, 1.82) is 0 Å². The Morgan fingerprint density at radius 1 is 0.759 bits per heavy atom. The Morgan fingerprint density at radius 3 is 1.86 bits per heavy atom. The van der Waals surface area contributed by atoms with Crippen LogP contribution in [0.3, 0.4) is 0 Å². The van der Waals surface area contributed by atoms with E-state index in [4.69, 9.17) is 17.8 Å². The van der Waals surface area contributed by atoms with Crippen molar-refractivity contribution in [3.63, 3.8) is 0 Å². The van der Waals surface area contributed by atoms with Gasteiger partial charge in [-0.1, -0.05) is 72.8 Å². The maximum Gasteiger partial charge on any atom is 0.530 e. The van der Waals surface area contributed by atoms with E-state index in [1.165, 1.54) is 12.0 Å². The molecule has 0 atom stereocenters. The maximum absolute atomic E-state index is 13.4. The summed E-state index contributed by atoms with van der Waals surface area (Å²) >= 11 is 1.32. The normalized spacial score (nSPS) is 11.3. The highest BCUT2D eigenvalue weighted by atomic mass is 32.2. The molecule has 0 saturated heterocycles. The van der Waals surface area contributed by atoms with Gasteiger partial charge in [0.15, 0.2) is 0 Å². The lowest BCUT2D eigenvalue weighted by Gasteiger charge is -2.19. The third-order valence-electron chi connectivity index (χ3n) is 3.92. The summed E-state index contributed by atoms with van der Waals surface area (Å²) in [7, 11) is -2.24. The molecule has 0 amide bonds. The molecule has 0 saturated carbocycles. The number of hydrogen-bond donors (Lipinski definition) is 0. The first kappa shape index (κ1) is 21.6. The van der Waals surface area contributed by atoms with E-state index in [-0.39, 0.29) is 13.2 Å². The summed E-state index contributed by atoms with van der Waals surface area (Å²) in [5, 5.41) is 0. The van der Waals surface area contributed by atoms with Crippen molar-refractivity contribution in [3.05, 3.63) is 102 Å². The molecule has 0 aliphatic heterocycles. The molecule has 29 heavy (non-hydrogen) atoms. The summed E-state index contributed by atoms with van der Waals surface area (Å²) in [5.74, 6) is 1.07. The minimum atomic E-state index is -3.86. The van der Waals surface area contributed by atoms with Gasteiger partial charge in [-0.25, -0.2) is 4.57 Å². The van der Waals surface area contributed by atoms with E-state index in [9.17, 15) is 4.57 Å². The summed E-state index contributed by atoms with van der Waals surface area (Å²) in [4.78, 5) is 0. The fourth-order valence-electron chi connectivity index (χ4n) is 2.49. The van der Waals surface area contributed by atoms with Gasteiger partial charge in [-0.3, -0.25) is 9.05 Å². The summed E-state index contributed by atoms with van der Waals surface area (Å²) in [5.41, 5.74) is 2.74. The Balaban J connectivity index is 1.73. The second-order valence-electron chi connectivity index (χ2n) is 6.13. The van der Waals surface area contributed by atoms with E-state index >= 15 is 0 Å². The third kappa shape index (κ3) is 7.35. The van der Waals surface area contributed by atoms with Gasteiger partial charge >= 0.3 is 7.82 Å². The van der Waals surface area contributed by atoms with Crippen LogP contribution in [0.4, 0.5) is 0 Å². The minimum Gasteiger partial charge on any atom is -0.404 e. The fraction of sp³-hybridized carbons (Fsp3) is 0.182. The Labute approximate surface area is 175 Å². The zero-order chi connectivity index (χ0) is 20.4. The Kier molecular flexibility index (Phi) is 8.35. The molecule has 5 nitrogen and oxygen atoms in total. The van der Waals surface area contributed by atoms with E-state index in [1.54, 1.807) is 19.2 Å². The summed E-state index contributed by atoms with van der Waals surface area (Å²) < 4.78 is 35.4. The van der Waals surface area contributed by atoms with Gasteiger partial charge in [0.2, 0.25) is 0 Å². The maximum atomic E-state index is 13.4. The first-order valence-corrected chi connectivity index (χ1v) is 11.5. The average Bonchev–Trinajstić information content (AvgIpc) is 2.77. The minimum absolute atomic E-state index is 0.117. The van der Waals surface area contributed by atoms with Crippen LogP contribution >= 0.6 is 19.9 Å². The predicted octanol–water partition coefficient (Wildman–Crippen LogP) is 6.40. The number of phosphoric ester groups is 1. The van der Waals surface area contributed by atoms with Crippen LogP contribution in [0.2, 0.25) is 0 Å². The smallest absolute Gasteiger partial charge is 0.404 e. The van der Waals surface area contributed by atoms with Crippen LogP contribution < -0.4 is 4.52 Å². The number of phosphoric acid groups is 1. The van der Waals surface area contributed by atoms with Crippen molar-refractivity contribution in [2.24, 2.45) is 0 Å². The van der Waals surface area contributed by atoms with Gasteiger partial charge in [0.05, 0.1) is 20.3 Å². The van der Waals surface area contributed by atoms with Crippen molar-refractivity contribution in [2.75, 3.05) is 7.11 Å². The largest absolute Gasteiger partial charge is 0.530 e. The van der Waals surface area contributed by atoms with Crippen molar-refractivity contribution >= 4 is 19.9 Å². The molecular weight excluding hydrogens is 407 g/mol. The summed E-state index contributed by atoms with van der Waals surface area (Å²) in [6.45, 7) is 0.234. The van der Waals surface area contributed by atoms with Gasteiger partial charge in [-0.2, -0.15) is 0 Å². The zero-order valence-electron chi connectivity index (χ0n) is 16.1. The summed E-state index contributed by atoms with van der Waals surface area (Å²) in [6, 6.07) is 26.3. The topological polar surface area (TPSA) is 54.0 Å². The molecule has 3 aromatic carbocycles. The van der Waals surface area contributed by atoms with Crippen LogP contribution in [0, 0.1) is 0 Å². The number of hydrogen-bond acceptors (Lipinski definition) is 6. The SMILES string of the molecule is COSCc1cccc(OP(=O)(OCc2ccccc2)OCc2ccccc2)c1. The highest BCUT2D eigenvalue weighted by Gasteiger charge is 2.29. The molecule has 0 fully saturated rings. The van der Waals surface area contributed by atoms with E-state index in [0.29, 0.717) is 11.5 Å². The molecule has 0 N–H and O–H groups in total.